The van der Waals surface area contributed by atoms with Crippen LogP contribution >= 0.6 is 0 Å². The number of urea groups is 1. The third kappa shape index (κ3) is 2.15. The molecular formula is C13H15N3O3. The summed E-state index contributed by atoms with van der Waals surface area (Å²) in [7, 11) is 0. The van der Waals surface area contributed by atoms with Crippen molar-refractivity contribution in [3.63, 3.8) is 0 Å². The maximum atomic E-state index is 11.7. The number of aryl methyl sites for hydroxylation is 1. The van der Waals surface area contributed by atoms with Crippen molar-refractivity contribution in [3.05, 3.63) is 29.7 Å². The molecule has 0 saturated carbocycles. The van der Waals surface area contributed by atoms with Crippen LogP contribution in [0.2, 0.25) is 0 Å². The lowest BCUT2D eigenvalue weighted by molar-refractivity contribution is 0.196. The van der Waals surface area contributed by atoms with Crippen LogP contribution in [-0.2, 0) is 0 Å². The highest BCUT2D eigenvalue weighted by Crippen LogP contribution is 2.24. The van der Waals surface area contributed by atoms with E-state index in [0.29, 0.717) is 19.0 Å². The number of benzene rings is 1. The Hall–Kier alpha value is -2.08. The summed E-state index contributed by atoms with van der Waals surface area (Å²) in [6, 6.07) is 5.52. The van der Waals surface area contributed by atoms with Crippen molar-refractivity contribution in [3.8, 4) is 0 Å². The second-order valence-electron chi connectivity index (χ2n) is 4.63. The molecule has 100 valence electrons. The zero-order chi connectivity index (χ0) is 13.4. The Kier molecular flexibility index (Phi) is 2.87. The van der Waals surface area contributed by atoms with Gasteiger partial charge in [0.25, 0.3) is 0 Å². The quantitative estimate of drug-likeness (QED) is 0.870. The molecule has 0 bridgehead atoms. The van der Waals surface area contributed by atoms with E-state index in [2.05, 4.69) is 10.3 Å². The van der Waals surface area contributed by atoms with E-state index in [0.717, 1.165) is 16.7 Å². The molecule has 6 nitrogen and oxygen atoms in total. The molecule has 3 rings (SSSR count). The third-order valence-corrected chi connectivity index (χ3v) is 3.28. The number of hydrogen-bond acceptors (Lipinski definition) is 4. The Morgan fingerprint density at radius 3 is 3.21 bits per heavy atom. The van der Waals surface area contributed by atoms with E-state index < -0.39 is 0 Å². The smallest absolute Gasteiger partial charge is 0.318 e. The molecule has 1 saturated heterocycles. The van der Waals surface area contributed by atoms with Gasteiger partial charge in [0.15, 0.2) is 11.5 Å². The number of nitrogens with zero attached hydrogens (tertiary/aromatic N) is 2. The van der Waals surface area contributed by atoms with Crippen molar-refractivity contribution >= 4 is 17.1 Å². The van der Waals surface area contributed by atoms with Gasteiger partial charge in [-0.05, 0) is 17.7 Å². The molecule has 6 heteroatoms. The van der Waals surface area contributed by atoms with Gasteiger partial charge in [-0.1, -0.05) is 6.07 Å². The average Bonchev–Trinajstić information content (AvgIpc) is 2.91. The van der Waals surface area contributed by atoms with E-state index in [1.165, 1.54) is 0 Å². The number of nitrogens with one attached hydrogen (secondary N) is 1. The van der Waals surface area contributed by atoms with Crippen molar-refractivity contribution in [1.29, 1.82) is 0 Å². The Bertz CT molecular complexity index is 623. The van der Waals surface area contributed by atoms with E-state index >= 15 is 0 Å². The summed E-state index contributed by atoms with van der Waals surface area (Å²) >= 11 is 0. The largest absolute Gasteiger partial charge is 0.441 e. The highest BCUT2D eigenvalue weighted by Gasteiger charge is 2.29. The molecule has 0 spiro atoms. The number of oxazole rings is 1. The van der Waals surface area contributed by atoms with E-state index in [4.69, 9.17) is 9.52 Å². The molecule has 1 aromatic heterocycles. The Labute approximate surface area is 110 Å². The summed E-state index contributed by atoms with van der Waals surface area (Å²) in [5.41, 5.74) is 2.54. The van der Waals surface area contributed by atoms with Gasteiger partial charge < -0.3 is 19.7 Å². The zero-order valence-corrected chi connectivity index (χ0v) is 10.6. The first kappa shape index (κ1) is 12.0. The van der Waals surface area contributed by atoms with Crippen molar-refractivity contribution in [2.45, 2.75) is 13.0 Å². The monoisotopic (exact) mass is 261 g/mol. The molecule has 2 heterocycles. The first-order valence-corrected chi connectivity index (χ1v) is 6.21. The van der Waals surface area contributed by atoms with Gasteiger partial charge in [-0.2, -0.15) is 0 Å². The van der Waals surface area contributed by atoms with E-state index in [-0.39, 0.29) is 18.7 Å². The molecule has 1 atom stereocenters. The highest BCUT2D eigenvalue weighted by molar-refractivity contribution is 5.78. The first-order valence-electron chi connectivity index (χ1n) is 6.21. The van der Waals surface area contributed by atoms with E-state index in [9.17, 15) is 4.79 Å². The van der Waals surface area contributed by atoms with Gasteiger partial charge in [-0.15, -0.1) is 0 Å². The number of fused-ring (bicyclic) bond motifs is 1. The number of aliphatic hydroxyl groups is 1. The van der Waals surface area contributed by atoms with Crippen LogP contribution < -0.4 is 5.32 Å². The summed E-state index contributed by atoms with van der Waals surface area (Å²) in [4.78, 5) is 17.6. The molecule has 2 amide bonds. The average molecular weight is 261 g/mol. The fourth-order valence-corrected chi connectivity index (χ4v) is 2.37. The van der Waals surface area contributed by atoms with Crippen molar-refractivity contribution in [2.75, 3.05) is 19.7 Å². The molecule has 1 aromatic carbocycles. The van der Waals surface area contributed by atoms with Gasteiger partial charge >= 0.3 is 6.03 Å². The topological polar surface area (TPSA) is 78.6 Å². The van der Waals surface area contributed by atoms with Crippen LogP contribution in [0.25, 0.3) is 11.1 Å². The maximum absolute atomic E-state index is 11.7. The summed E-state index contributed by atoms with van der Waals surface area (Å²) < 4.78 is 5.42. The van der Waals surface area contributed by atoms with E-state index in [1.807, 2.05) is 18.2 Å². The summed E-state index contributed by atoms with van der Waals surface area (Å²) in [6.45, 7) is 2.69. The van der Waals surface area contributed by atoms with Crippen LogP contribution in [0.3, 0.4) is 0 Å². The van der Waals surface area contributed by atoms with Gasteiger partial charge in [0.05, 0.1) is 12.6 Å². The minimum Gasteiger partial charge on any atom is -0.441 e. The summed E-state index contributed by atoms with van der Waals surface area (Å²) in [5.74, 6) is 0.629. The van der Waals surface area contributed by atoms with Crippen LogP contribution in [0.1, 0.15) is 17.5 Å². The van der Waals surface area contributed by atoms with Crippen molar-refractivity contribution in [1.82, 2.24) is 15.2 Å². The molecule has 1 fully saturated rings. The number of amides is 2. The van der Waals surface area contributed by atoms with Crippen LogP contribution in [0.5, 0.6) is 0 Å². The predicted octanol–water partition coefficient (Wildman–Crippen LogP) is 1.19. The minimum absolute atomic E-state index is 0.0261. The minimum atomic E-state index is -0.143. The van der Waals surface area contributed by atoms with Gasteiger partial charge in [-0.25, -0.2) is 9.78 Å². The lowest BCUT2D eigenvalue weighted by Gasteiger charge is -2.12. The molecular weight excluding hydrogens is 246 g/mol. The normalized spacial score (nSPS) is 19.2. The molecule has 1 aliphatic heterocycles. The van der Waals surface area contributed by atoms with Crippen LogP contribution in [-0.4, -0.2) is 40.7 Å². The third-order valence-electron chi connectivity index (χ3n) is 3.28. The standard InChI is InChI=1S/C13H15N3O3/c1-8-14-10-6-9(2-3-12(10)19-8)11-7-16(4-5-17)13(18)15-11/h2-3,6,11,17H,4-5,7H2,1H3,(H,15,18). The molecule has 0 radical (unpaired) electrons. The van der Waals surface area contributed by atoms with Crippen LogP contribution in [0.4, 0.5) is 4.79 Å². The Morgan fingerprint density at radius 1 is 1.58 bits per heavy atom. The zero-order valence-electron chi connectivity index (χ0n) is 10.6. The molecule has 0 aliphatic carbocycles. The number of carbonyl (C=O) groups excluding carboxylic acids is 1. The second kappa shape index (κ2) is 4.55. The number of carbonyl (C=O) groups is 1. The van der Waals surface area contributed by atoms with Gasteiger partial charge in [0.1, 0.15) is 5.52 Å². The van der Waals surface area contributed by atoms with Crippen LogP contribution in [0, 0.1) is 6.92 Å². The SMILES string of the molecule is Cc1nc2cc(C3CN(CCO)C(=O)N3)ccc2o1. The maximum Gasteiger partial charge on any atom is 0.318 e. The molecule has 1 aliphatic rings. The van der Waals surface area contributed by atoms with Gasteiger partial charge in [0.2, 0.25) is 0 Å². The van der Waals surface area contributed by atoms with E-state index in [1.54, 1.807) is 11.8 Å². The Morgan fingerprint density at radius 2 is 2.42 bits per heavy atom. The van der Waals surface area contributed by atoms with Gasteiger partial charge in [0, 0.05) is 20.0 Å². The molecule has 2 aromatic rings. The lowest BCUT2D eigenvalue weighted by atomic mass is 10.1. The first-order chi connectivity index (χ1) is 9.17. The number of rotatable bonds is 3. The summed E-state index contributed by atoms with van der Waals surface area (Å²) in [6.07, 6.45) is 0. The number of β-amino-alcohol motifs (C(OH)–C–C–N with tert-alkyl or cyclic N) is 1. The molecule has 2 N–H and O–H groups in total. The Balaban J connectivity index is 1.86. The summed E-state index contributed by atoms with van der Waals surface area (Å²) in [5, 5.41) is 11.8. The number of aliphatic hydroxyl groups excluding tert-OH is 1. The number of aromatic nitrogens is 1. The van der Waals surface area contributed by atoms with Gasteiger partial charge in [-0.3, -0.25) is 0 Å². The number of hydrogen-bond donors (Lipinski definition) is 2. The predicted molar refractivity (Wildman–Crippen MR) is 68.7 cm³/mol. The van der Waals surface area contributed by atoms with Crippen molar-refractivity contribution < 1.29 is 14.3 Å². The molecule has 1 unspecified atom stereocenters. The van der Waals surface area contributed by atoms with Crippen molar-refractivity contribution in [2.24, 2.45) is 0 Å². The fraction of sp³-hybridized carbons (Fsp3) is 0.385. The second-order valence-corrected chi connectivity index (χ2v) is 4.63. The van der Waals surface area contributed by atoms with Crippen LogP contribution in [0.15, 0.2) is 22.6 Å². The highest BCUT2D eigenvalue weighted by atomic mass is 16.3. The fourth-order valence-electron chi connectivity index (χ4n) is 2.37. The molecule has 19 heavy (non-hydrogen) atoms. The lowest BCUT2D eigenvalue weighted by Crippen LogP contribution is -2.30.